The molecule has 0 aliphatic rings. The molecule has 8 heteroatoms. The summed E-state index contributed by atoms with van der Waals surface area (Å²) in [7, 11) is 3.16. The van der Waals surface area contributed by atoms with Crippen LogP contribution in [-0.4, -0.2) is 45.7 Å². The minimum atomic E-state index is 0.528. The molecule has 2 aromatic heterocycles. The number of ether oxygens (including phenoxy) is 2. The van der Waals surface area contributed by atoms with Gasteiger partial charge in [0.2, 0.25) is 11.8 Å². The summed E-state index contributed by atoms with van der Waals surface area (Å²) in [5.74, 6) is 1.06. The molecule has 0 saturated heterocycles. The number of nitrogens with zero attached hydrogens (tertiary/aromatic N) is 5. The van der Waals surface area contributed by atoms with Crippen molar-refractivity contribution >= 4 is 0 Å². The van der Waals surface area contributed by atoms with Crippen molar-refractivity contribution in [2.24, 2.45) is 0 Å². The van der Waals surface area contributed by atoms with E-state index in [0.717, 1.165) is 25.1 Å². The Morgan fingerprint density at radius 2 is 1.95 bits per heavy atom. The molecule has 0 radical (unpaired) electrons. The van der Waals surface area contributed by atoms with Crippen LogP contribution in [0.25, 0.3) is 0 Å². The van der Waals surface area contributed by atoms with Crippen LogP contribution in [0.15, 0.2) is 18.7 Å². The second-order valence-electron chi connectivity index (χ2n) is 4.07. The molecule has 0 aromatic carbocycles. The number of aryl methyl sites for hydroxylation is 1. The largest absolute Gasteiger partial charge is 0.481 e. The first-order chi connectivity index (χ1) is 9.85. The Bertz CT molecular complexity index is 494. The van der Waals surface area contributed by atoms with E-state index in [1.165, 1.54) is 6.33 Å². The van der Waals surface area contributed by atoms with Crippen LogP contribution in [0.1, 0.15) is 12.0 Å². The van der Waals surface area contributed by atoms with E-state index in [0.29, 0.717) is 18.3 Å². The fraction of sp³-hybridized carbons (Fsp3) is 0.500. The van der Waals surface area contributed by atoms with Crippen LogP contribution in [0.5, 0.6) is 11.8 Å². The Labute approximate surface area is 117 Å². The molecule has 0 amide bonds. The zero-order valence-corrected chi connectivity index (χ0v) is 11.6. The second-order valence-corrected chi connectivity index (χ2v) is 4.07. The van der Waals surface area contributed by atoms with E-state index in [1.807, 2.05) is 6.20 Å². The smallest absolute Gasteiger partial charge is 0.224 e. The minimum Gasteiger partial charge on any atom is -0.481 e. The van der Waals surface area contributed by atoms with Crippen molar-refractivity contribution in [3.63, 3.8) is 0 Å². The van der Waals surface area contributed by atoms with E-state index in [4.69, 9.17) is 9.47 Å². The highest BCUT2D eigenvalue weighted by atomic mass is 16.5. The van der Waals surface area contributed by atoms with Gasteiger partial charge in [-0.05, 0) is 13.0 Å². The van der Waals surface area contributed by atoms with E-state index in [1.54, 1.807) is 25.1 Å². The van der Waals surface area contributed by atoms with Crippen molar-refractivity contribution in [2.45, 2.75) is 19.5 Å². The third-order valence-electron chi connectivity index (χ3n) is 2.77. The van der Waals surface area contributed by atoms with E-state index >= 15 is 0 Å². The van der Waals surface area contributed by atoms with Crippen LogP contribution >= 0.6 is 0 Å². The van der Waals surface area contributed by atoms with Crippen LogP contribution in [0, 0.1) is 0 Å². The molecule has 0 atom stereocenters. The first kappa shape index (κ1) is 14.2. The average Bonchev–Trinajstić information content (AvgIpc) is 3.00. The van der Waals surface area contributed by atoms with Gasteiger partial charge in [0, 0.05) is 19.3 Å². The molecule has 20 heavy (non-hydrogen) atoms. The van der Waals surface area contributed by atoms with Crippen molar-refractivity contribution in [3.05, 3.63) is 24.3 Å². The molecule has 0 spiro atoms. The fourth-order valence-corrected chi connectivity index (χ4v) is 1.82. The van der Waals surface area contributed by atoms with E-state index in [2.05, 4.69) is 25.6 Å². The highest BCUT2D eigenvalue weighted by molar-refractivity contribution is 5.34. The highest BCUT2D eigenvalue weighted by Gasteiger charge is 2.11. The number of methoxy groups -OCH3 is 2. The highest BCUT2D eigenvalue weighted by Crippen LogP contribution is 2.22. The van der Waals surface area contributed by atoms with Crippen LogP contribution < -0.4 is 14.8 Å². The molecular weight excluding hydrogens is 260 g/mol. The molecule has 8 nitrogen and oxygen atoms in total. The summed E-state index contributed by atoms with van der Waals surface area (Å²) in [6.07, 6.45) is 5.88. The predicted molar refractivity (Wildman–Crippen MR) is 71.5 cm³/mol. The van der Waals surface area contributed by atoms with Crippen molar-refractivity contribution in [1.29, 1.82) is 0 Å². The Morgan fingerprint density at radius 3 is 2.55 bits per heavy atom. The summed E-state index contributed by atoms with van der Waals surface area (Å²) in [6.45, 7) is 2.25. The van der Waals surface area contributed by atoms with Crippen LogP contribution in [0.2, 0.25) is 0 Å². The molecule has 108 valence electrons. The van der Waals surface area contributed by atoms with Crippen molar-refractivity contribution in [1.82, 2.24) is 30.3 Å². The monoisotopic (exact) mass is 278 g/mol. The Kier molecular flexibility index (Phi) is 5.24. The average molecular weight is 278 g/mol. The van der Waals surface area contributed by atoms with Gasteiger partial charge in [0.25, 0.3) is 0 Å². The standard InChI is InChI=1S/C12H18N6O2/c1-19-11-10(12(20-2)15-9-14-11)8-13-4-3-6-18-7-5-16-17-18/h5,7,9,13H,3-4,6,8H2,1-2H3. The zero-order chi connectivity index (χ0) is 14.2. The Morgan fingerprint density at radius 1 is 1.20 bits per heavy atom. The van der Waals surface area contributed by atoms with Crippen LogP contribution in [-0.2, 0) is 13.1 Å². The number of nitrogens with one attached hydrogen (secondary N) is 1. The molecule has 0 saturated carbocycles. The summed E-state index contributed by atoms with van der Waals surface area (Å²) in [6, 6.07) is 0. The van der Waals surface area contributed by atoms with Gasteiger partial charge in [0.1, 0.15) is 6.33 Å². The third kappa shape index (κ3) is 3.64. The van der Waals surface area contributed by atoms with Gasteiger partial charge < -0.3 is 14.8 Å². The van der Waals surface area contributed by atoms with Crippen LogP contribution in [0.3, 0.4) is 0 Å². The minimum absolute atomic E-state index is 0.528. The summed E-state index contributed by atoms with van der Waals surface area (Å²) in [5, 5.41) is 11.0. The van der Waals surface area contributed by atoms with Gasteiger partial charge in [-0.2, -0.15) is 0 Å². The lowest BCUT2D eigenvalue weighted by Crippen LogP contribution is -2.18. The maximum atomic E-state index is 5.21. The Hall–Kier alpha value is -2.22. The van der Waals surface area contributed by atoms with E-state index < -0.39 is 0 Å². The number of rotatable bonds is 8. The lowest BCUT2D eigenvalue weighted by molar-refractivity contribution is 0.359. The topological polar surface area (TPSA) is 87.0 Å². The molecule has 2 heterocycles. The second kappa shape index (κ2) is 7.39. The van der Waals surface area contributed by atoms with Gasteiger partial charge in [-0.3, -0.25) is 4.68 Å². The molecule has 2 rings (SSSR count). The summed E-state index contributed by atoms with van der Waals surface area (Å²) >= 11 is 0. The van der Waals surface area contributed by atoms with Gasteiger partial charge in [-0.25, -0.2) is 9.97 Å². The third-order valence-corrected chi connectivity index (χ3v) is 2.77. The summed E-state index contributed by atoms with van der Waals surface area (Å²) in [4.78, 5) is 8.14. The summed E-state index contributed by atoms with van der Waals surface area (Å²) < 4.78 is 12.2. The van der Waals surface area contributed by atoms with Gasteiger partial charge >= 0.3 is 0 Å². The van der Waals surface area contributed by atoms with Gasteiger partial charge in [-0.1, -0.05) is 5.21 Å². The first-order valence-electron chi connectivity index (χ1n) is 6.31. The maximum Gasteiger partial charge on any atom is 0.224 e. The maximum absolute atomic E-state index is 5.21. The number of hydrogen-bond acceptors (Lipinski definition) is 7. The van der Waals surface area contributed by atoms with Crippen molar-refractivity contribution < 1.29 is 9.47 Å². The van der Waals surface area contributed by atoms with E-state index in [-0.39, 0.29) is 0 Å². The quantitative estimate of drug-likeness (QED) is 0.693. The molecule has 1 N–H and O–H groups in total. The van der Waals surface area contributed by atoms with Crippen molar-refractivity contribution in [2.75, 3.05) is 20.8 Å². The molecule has 0 bridgehead atoms. The van der Waals surface area contributed by atoms with Crippen LogP contribution in [0.4, 0.5) is 0 Å². The van der Waals surface area contributed by atoms with Gasteiger partial charge in [0.05, 0.1) is 26.0 Å². The number of aromatic nitrogens is 5. The van der Waals surface area contributed by atoms with Crippen molar-refractivity contribution in [3.8, 4) is 11.8 Å². The van der Waals surface area contributed by atoms with Gasteiger partial charge in [0.15, 0.2) is 0 Å². The summed E-state index contributed by atoms with van der Waals surface area (Å²) in [5.41, 5.74) is 0.818. The Balaban J connectivity index is 1.81. The van der Waals surface area contributed by atoms with E-state index in [9.17, 15) is 0 Å². The molecule has 0 unspecified atom stereocenters. The normalized spacial score (nSPS) is 10.5. The fourth-order valence-electron chi connectivity index (χ4n) is 1.82. The zero-order valence-electron chi connectivity index (χ0n) is 11.6. The SMILES string of the molecule is COc1ncnc(OC)c1CNCCCn1ccnn1. The molecular formula is C12H18N6O2. The predicted octanol–water partition coefficient (Wildman–Crippen LogP) is 0.265. The van der Waals surface area contributed by atoms with Gasteiger partial charge in [-0.15, -0.1) is 5.10 Å². The lowest BCUT2D eigenvalue weighted by atomic mass is 10.3. The molecule has 0 aliphatic carbocycles. The number of hydrogen-bond donors (Lipinski definition) is 1. The first-order valence-corrected chi connectivity index (χ1v) is 6.31. The molecule has 0 fully saturated rings. The molecule has 2 aromatic rings. The molecule has 0 aliphatic heterocycles. The lowest BCUT2D eigenvalue weighted by Gasteiger charge is -2.11.